The molecule has 0 spiro atoms. The predicted octanol–water partition coefficient (Wildman–Crippen LogP) is 4.40. The molecule has 6 nitrogen and oxygen atoms in total. The van der Waals surface area contributed by atoms with Crippen molar-refractivity contribution < 1.29 is 4.74 Å². The average molecular weight is 520 g/mol. The molecule has 1 N–H and O–H groups in total. The molecule has 1 aromatic rings. The molecule has 0 bridgehead atoms. The van der Waals surface area contributed by atoms with Crippen LogP contribution in [0.5, 0.6) is 0 Å². The Balaban J connectivity index is 0.00000420. The van der Waals surface area contributed by atoms with Crippen LogP contribution in [0.15, 0.2) is 11.2 Å². The summed E-state index contributed by atoms with van der Waals surface area (Å²) in [6, 6.07) is 0. The fourth-order valence-electron chi connectivity index (χ4n) is 4.15. The molecule has 2 rings (SSSR count). The summed E-state index contributed by atoms with van der Waals surface area (Å²) >= 11 is 0. The van der Waals surface area contributed by atoms with E-state index in [1.165, 1.54) is 17.7 Å². The van der Waals surface area contributed by atoms with Crippen LogP contribution in [-0.2, 0) is 18.3 Å². The summed E-state index contributed by atoms with van der Waals surface area (Å²) in [6.45, 7) is 16.7. The van der Waals surface area contributed by atoms with Crippen molar-refractivity contribution in [3.05, 3.63) is 17.5 Å². The lowest BCUT2D eigenvalue weighted by molar-refractivity contribution is -0.0824. The third-order valence-electron chi connectivity index (χ3n) is 5.36. The van der Waals surface area contributed by atoms with Gasteiger partial charge in [-0.25, -0.2) is 0 Å². The Hall–Kier alpha value is -0.830. The van der Waals surface area contributed by atoms with E-state index in [2.05, 4.69) is 70.1 Å². The summed E-state index contributed by atoms with van der Waals surface area (Å²) < 4.78 is 8.05. The minimum Gasteiger partial charge on any atom is -0.377 e. The van der Waals surface area contributed by atoms with E-state index >= 15 is 0 Å². The van der Waals surface area contributed by atoms with E-state index in [-0.39, 0.29) is 35.5 Å². The van der Waals surface area contributed by atoms with Gasteiger partial charge >= 0.3 is 0 Å². The number of aliphatic imine (C=N–C) groups is 1. The van der Waals surface area contributed by atoms with Crippen molar-refractivity contribution in [2.24, 2.45) is 23.4 Å². The molecule has 0 amide bonds. The van der Waals surface area contributed by atoms with Crippen molar-refractivity contribution in [2.75, 3.05) is 26.7 Å². The van der Waals surface area contributed by atoms with Crippen LogP contribution in [0.25, 0.3) is 0 Å². The average Bonchev–Trinajstić information content (AvgIpc) is 2.98. The number of ether oxygens (including phenoxy) is 1. The lowest BCUT2D eigenvalue weighted by Crippen LogP contribution is -2.43. The zero-order valence-electron chi connectivity index (χ0n) is 19.7. The molecule has 1 aliphatic heterocycles. The van der Waals surface area contributed by atoms with Crippen molar-refractivity contribution in [3.8, 4) is 0 Å². The summed E-state index contributed by atoms with van der Waals surface area (Å²) in [5, 5.41) is 8.10. The molecule has 1 aliphatic rings. The Morgan fingerprint density at radius 1 is 1.41 bits per heavy atom. The van der Waals surface area contributed by atoms with Crippen molar-refractivity contribution >= 4 is 29.9 Å². The molecule has 0 aliphatic carbocycles. The highest BCUT2D eigenvalue weighted by Crippen LogP contribution is 2.34. The molecular formula is C22H42IN5O. The Morgan fingerprint density at radius 2 is 2.10 bits per heavy atom. The number of nitrogens with one attached hydrogen (secondary N) is 1. The molecule has 168 valence electrons. The van der Waals surface area contributed by atoms with Gasteiger partial charge in [-0.3, -0.25) is 9.67 Å². The van der Waals surface area contributed by atoms with E-state index in [4.69, 9.17) is 9.73 Å². The summed E-state index contributed by atoms with van der Waals surface area (Å²) in [5.41, 5.74) is 2.57. The van der Waals surface area contributed by atoms with Crippen LogP contribution >= 0.6 is 24.0 Å². The van der Waals surface area contributed by atoms with Crippen molar-refractivity contribution in [1.29, 1.82) is 0 Å². The van der Waals surface area contributed by atoms with Gasteiger partial charge in [0.05, 0.1) is 11.8 Å². The maximum Gasteiger partial charge on any atom is 0.193 e. The van der Waals surface area contributed by atoms with E-state index in [1.807, 2.05) is 11.7 Å². The molecule has 7 heteroatoms. The normalized spacial score (nSPS) is 20.5. The quantitative estimate of drug-likeness (QED) is 0.344. The largest absolute Gasteiger partial charge is 0.377 e. The number of halogens is 1. The topological polar surface area (TPSA) is 54.7 Å². The standard InChI is InChI=1S/C22H41N5O.HI/c1-9-23-21(24-13-17-11-10-12-28-20(17)22(4,5)6)26(7)14-18-15-27(8)25-19(18)16(2)3;/h15-17,20H,9-14H2,1-8H3,(H,23,24);1H. The molecule has 2 unspecified atom stereocenters. The van der Waals surface area contributed by atoms with E-state index < -0.39 is 0 Å². The third-order valence-corrected chi connectivity index (χ3v) is 5.36. The number of aryl methyl sites for hydroxylation is 1. The van der Waals surface area contributed by atoms with Gasteiger partial charge in [0, 0.05) is 58.0 Å². The first-order chi connectivity index (χ1) is 13.1. The van der Waals surface area contributed by atoms with Gasteiger partial charge in [0.25, 0.3) is 0 Å². The van der Waals surface area contributed by atoms with E-state index in [9.17, 15) is 0 Å². The third kappa shape index (κ3) is 7.42. The number of guanidine groups is 1. The molecule has 0 radical (unpaired) electrons. The van der Waals surface area contributed by atoms with Crippen molar-refractivity contribution in [2.45, 2.75) is 73.0 Å². The highest BCUT2D eigenvalue weighted by Gasteiger charge is 2.35. The first-order valence-corrected chi connectivity index (χ1v) is 10.8. The van der Waals surface area contributed by atoms with Gasteiger partial charge in [-0.1, -0.05) is 34.6 Å². The van der Waals surface area contributed by atoms with E-state index in [0.29, 0.717) is 11.8 Å². The van der Waals surface area contributed by atoms with E-state index in [1.54, 1.807) is 0 Å². The monoisotopic (exact) mass is 519 g/mol. The first kappa shape index (κ1) is 26.2. The smallest absolute Gasteiger partial charge is 0.193 e. The minimum atomic E-state index is 0. The van der Waals surface area contributed by atoms with Crippen LogP contribution in [0.1, 0.15) is 71.6 Å². The summed E-state index contributed by atoms with van der Waals surface area (Å²) in [5.74, 6) is 1.84. The van der Waals surface area contributed by atoms with Crippen molar-refractivity contribution in [1.82, 2.24) is 20.0 Å². The number of hydrogen-bond donors (Lipinski definition) is 1. The SMILES string of the molecule is CCNC(=NCC1CCCOC1C(C)(C)C)N(C)Cc1cn(C)nc1C(C)C.I. The fraction of sp³-hybridized carbons (Fsp3) is 0.818. The molecule has 1 saturated heterocycles. The maximum absolute atomic E-state index is 6.13. The van der Waals surface area contributed by atoms with Gasteiger partial charge in [-0.05, 0) is 31.1 Å². The number of rotatable bonds is 6. The minimum absolute atomic E-state index is 0. The molecule has 1 fully saturated rings. The molecule has 2 atom stereocenters. The zero-order valence-corrected chi connectivity index (χ0v) is 22.0. The summed E-state index contributed by atoms with van der Waals surface area (Å²) in [6.07, 6.45) is 4.71. The predicted molar refractivity (Wildman–Crippen MR) is 132 cm³/mol. The van der Waals surface area contributed by atoms with Crippen molar-refractivity contribution in [3.63, 3.8) is 0 Å². The van der Waals surface area contributed by atoms with Gasteiger partial charge in [0.2, 0.25) is 0 Å². The van der Waals surface area contributed by atoms with Gasteiger partial charge in [-0.2, -0.15) is 5.10 Å². The van der Waals surface area contributed by atoms with Crippen LogP contribution < -0.4 is 5.32 Å². The Bertz CT molecular complexity index is 650. The Morgan fingerprint density at radius 3 is 2.69 bits per heavy atom. The second-order valence-corrected chi connectivity index (χ2v) is 9.48. The second kappa shape index (κ2) is 11.5. The lowest BCUT2D eigenvalue weighted by Gasteiger charge is -2.39. The van der Waals surface area contributed by atoms with E-state index in [0.717, 1.165) is 38.6 Å². The molecular weight excluding hydrogens is 477 g/mol. The van der Waals surface area contributed by atoms with Crippen LogP contribution in [0.3, 0.4) is 0 Å². The van der Waals surface area contributed by atoms with Crippen LogP contribution in [0, 0.1) is 11.3 Å². The molecule has 0 saturated carbocycles. The number of nitrogens with zero attached hydrogens (tertiary/aromatic N) is 4. The lowest BCUT2D eigenvalue weighted by atomic mass is 9.78. The Kier molecular flexibility index (Phi) is 10.4. The maximum atomic E-state index is 6.13. The van der Waals surface area contributed by atoms with Gasteiger partial charge in [0.15, 0.2) is 5.96 Å². The first-order valence-electron chi connectivity index (χ1n) is 10.8. The summed E-state index contributed by atoms with van der Waals surface area (Å²) in [4.78, 5) is 7.21. The molecule has 0 aromatic carbocycles. The molecule has 1 aromatic heterocycles. The number of aromatic nitrogens is 2. The Labute approximate surface area is 194 Å². The summed E-state index contributed by atoms with van der Waals surface area (Å²) in [7, 11) is 4.10. The number of hydrogen-bond acceptors (Lipinski definition) is 3. The highest BCUT2D eigenvalue weighted by molar-refractivity contribution is 14.0. The highest BCUT2D eigenvalue weighted by atomic mass is 127. The fourth-order valence-corrected chi connectivity index (χ4v) is 4.15. The molecule has 29 heavy (non-hydrogen) atoms. The second-order valence-electron chi connectivity index (χ2n) is 9.48. The van der Waals surface area contributed by atoms with Crippen LogP contribution in [0.2, 0.25) is 0 Å². The van der Waals surface area contributed by atoms with Gasteiger partial charge in [-0.15, -0.1) is 24.0 Å². The van der Waals surface area contributed by atoms with Crippen LogP contribution in [0.4, 0.5) is 0 Å². The van der Waals surface area contributed by atoms with Gasteiger partial charge in [0.1, 0.15) is 0 Å². The molecule has 2 heterocycles. The van der Waals surface area contributed by atoms with Crippen LogP contribution in [-0.4, -0.2) is 53.5 Å². The van der Waals surface area contributed by atoms with Gasteiger partial charge < -0.3 is 15.0 Å². The zero-order chi connectivity index (χ0) is 20.9.